The van der Waals surface area contributed by atoms with Crippen LogP contribution in [0.2, 0.25) is 0 Å². The summed E-state index contributed by atoms with van der Waals surface area (Å²) >= 11 is 0. The maximum absolute atomic E-state index is 2.73. The summed E-state index contributed by atoms with van der Waals surface area (Å²) in [7, 11) is 0. The van der Waals surface area contributed by atoms with Crippen LogP contribution >= 0.6 is 0 Å². The van der Waals surface area contributed by atoms with Gasteiger partial charge < -0.3 is 0 Å². The molecule has 0 heterocycles. The molecule has 4 aliphatic carbocycles. The van der Waals surface area contributed by atoms with Gasteiger partial charge in [0.05, 0.1) is 0 Å². The lowest BCUT2D eigenvalue weighted by Crippen LogP contribution is -2.52. The Morgan fingerprint density at radius 1 is 0.857 bits per heavy atom. The van der Waals surface area contributed by atoms with E-state index in [0.29, 0.717) is 16.7 Å². The zero-order chi connectivity index (χ0) is 25.1. The van der Waals surface area contributed by atoms with Crippen molar-refractivity contribution in [2.24, 2.45) is 40.4 Å². The zero-order valence-electron chi connectivity index (χ0n) is 24.1. The molecule has 0 radical (unpaired) electrons. The summed E-state index contributed by atoms with van der Waals surface area (Å²) < 4.78 is 0. The van der Waals surface area contributed by atoms with Crippen LogP contribution in [0.4, 0.5) is 0 Å². The molecule has 8 unspecified atom stereocenters. The zero-order valence-corrected chi connectivity index (χ0v) is 24.1. The number of hydrogen-bond acceptors (Lipinski definition) is 0. The van der Waals surface area contributed by atoms with Gasteiger partial charge in [-0.25, -0.2) is 0 Å². The number of allylic oxidation sites excluding steroid dienone is 1. The average molecular weight is 477 g/mol. The van der Waals surface area contributed by atoms with Crippen molar-refractivity contribution in [3.8, 4) is 0 Å². The molecule has 0 saturated heterocycles. The fourth-order valence-corrected chi connectivity index (χ4v) is 9.57. The number of hydrogen-bond donors (Lipinski definition) is 0. The van der Waals surface area contributed by atoms with Crippen LogP contribution in [0, 0.1) is 40.4 Å². The first-order valence-corrected chi connectivity index (χ1v) is 15.7. The van der Waals surface area contributed by atoms with Crippen LogP contribution in [0.25, 0.3) is 6.08 Å². The van der Waals surface area contributed by atoms with E-state index in [2.05, 4.69) is 64.1 Å². The monoisotopic (exact) mass is 476 g/mol. The van der Waals surface area contributed by atoms with Gasteiger partial charge in [-0.15, -0.1) is 0 Å². The van der Waals surface area contributed by atoms with Crippen LogP contribution in [0.3, 0.4) is 0 Å². The highest BCUT2D eigenvalue weighted by atomic mass is 14.6. The molecule has 35 heavy (non-hydrogen) atoms. The van der Waals surface area contributed by atoms with Gasteiger partial charge in [0.2, 0.25) is 0 Å². The van der Waals surface area contributed by atoms with Crippen molar-refractivity contribution in [3.63, 3.8) is 0 Å². The first kappa shape index (κ1) is 27.0. The molecule has 0 aromatic heterocycles. The van der Waals surface area contributed by atoms with Crippen LogP contribution in [0.1, 0.15) is 142 Å². The fourth-order valence-electron chi connectivity index (χ4n) is 9.57. The topological polar surface area (TPSA) is 0 Å². The third-order valence-electron chi connectivity index (χ3n) is 11.9. The van der Waals surface area contributed by atoms with Gasteiger partial charge in [-0.3, -0.25) is 0 Å². The SMILES string of the molecule is CC.CCC(C)c1ccc(/C=C/CCC2CCC3C4CCC5CCCCC5(C)C4CCC23C)cc1. The van der Waals surface area contributed by atoms with Crippen molar-refractivity contribution >= 4 is 6.08 Å². The Morgan fingerprint density at radius 2 is 1.60 bits per heavy atom. The van der Waals surface area contributed by atoms with E-state index in [1.165, 1.54) is 75.3 Å². The highest BCUT2D eigenvalue weighted by molar-refractivity contribution is 5.49. The van der Waals surface area contributed by atoms with Gasteiger partial charge in [0.1, 0.15) is 0 Å². The van der Waals surface area contributed by atoms with Gasteiger partial charge in [-0.2, -0.15) is 0 Å². The van der Waals surface area contributed by atoms with Crippen molar-refractivity contribution < 1.29 is 0 Å². The predicted octanol–water partition coefficient (Wildman–Crippen LogP) is 11.1. The van der Waals surface area contributed by atoms with Crippen molar-refractivity contribution in [3.05, 3.63) is 41.5 Å². The van der Waals surface area contributed by atoms with E-state index < -0.39 is 0 Å². The summed E-state index contributed by atoms with van der Waals surface area (Å²) in [6, 6.07) is 9.29. The van der Waals surface area contributed by atoms with Gasteiger partial charge in [-0.1, -0.05) is 90.8 Å². The molecule has 196 valence electrons. The minimum Gasteiger partial charge on any atom is -0.0839 e. The van der Waals surface area contributed by atoms with Crippen LogP contribution in [0.15, 0.2) is 30.3 Å². The molecular formula is C35H56. The molecule has 0 N–H and O–H groups in total. The van der Waals surface area contributed by atoms with E-state index in [-0.39, 0.29) is 0 Å². The maximum atomic E-state index is 2.73. The fraction of sp³-hybridized carbons (Fsp3) is 0.771. The molecule has 4 saturated carbocycles. The van der Waals surface area contributed by atoms with Gasteiger partial charge >= 0.3 is 0 Å². The van der Waals surface area contributed by atoms with E-state index in [1.54, 1.807) is 19.3 Å². The molecule has 0 amide bonds. The van der Waals surface area contributed by atoms with Gasteiger partial charge in [0.25, 0.3) is 0 Å². The molecule has 4 aliphatic rings. The summed E-state index contributed by atoms with van der Waals surface area (Å²) in [5, 5.41) is 0. The van der Waals surface area contributed by atoms with Gasteiger partial charge in [-0.05, 0) is 128 Å². The van der Waals surface area contributed by atoms with Crippen molar-refractivity contribution in [1.29, 1.82) is 0 Å². The van der Waals surface area contributed by atoms with Crippen molar-refractivity contribution in [1.82, 2.24) is 0 Å². The van der Waals surface area contributed by atoms with Crippen LogP contribution in [-0.2, 0) is 0 Å². The van der Waals surface area contributed by atoms with Crippen LogP contribution in [0.5, 0.6) is 0 Å². The van der Waals surface area contributed by atoms with E-state index in [4.69, 9.17) is 0 Å². The Bertz CT molecular complexity index is 817. The molecule has 1 aromatic rings. The van der Waals surface area contributed by atoms with E-state index in [9.17, 15) is 0 Å². The molecule has 0 aliphatic heterocycles. The van der Waals surface area contributed by atoms with Crippen molar-refractivity contribution in [2.45, 2.75) is 131 Å². The minimum atomic E-state index is 0.630. The summed E-state index contributed by atoms with van der Waals surface area (Å²) in [4.78, 5) is 0. The van der Waals surface area contributed by atoms with E-state index in [1.807, 2.05) is 13.8 Å². The summed E-state index contributed by atoms with van der Waals surface area (Å²) in [6.07, 6.45) is 24.0. The lowest BCUT2D eigenvalue weighted by Gasteiger charge is -2.60. The largest absolute Gasteiger partial charge is 0.0839 e. The highest BCUT2D eigenvalue weighted by Crippen LogP contribution is 2.67. The molecule has 0 nitrogen and oxygen atoms in total. The second-order valence-electron chi connectivity index (χ2n) is 13.2. The van der Waals surface area contributed by atoms with Gasteiger partial charge in [0.15, 0.2) is 0 Å². The lowest BCUT2D eigenvalue weighted by molar-refractivity contribution is -0.111. The molecule has 0 spiro atoms. The molecule has 5 rings (SSSR count). The first-order chi connectivity index (χ1) is 17.0. The number of rotatable bonds is 6. The normalized spacial score (nSPS) is 39.2. The Labute approximate surface area is 218 Å². The Morgan fingerprint density at radius 3 is 2.34 bits per heavy atom. The van der Waals surface area contributed by atoms with Crippen molar-refractivity contribution in [2.75, 3.05) is 0 Å². The quantitative estimate of drug-likeness (QED) is 0.383. The third kappa shape index (κ3) is 5.20. The smallest absolute Gasteiger partial charge is 0.0193 e. The summed E-state index contributed by atoms with van der Waals surface area (Å²) in [5.74, 6) is 5.80. The van der Waals surface area contributed by atoms with Crippen LogP contribution in [-0.4, -0.2) is 0 Å². The first-order valence-electron chi connectivity index (χ1n) is 15.7. The third-order valence-corrected chi connectivity index (χ3v) is 11.9. The molecule has 4 fully saturated rings. The van der Waals surface area contributed by atoms with E-state index >= 15 is 0 Å². The van der Waals surface area contributed by atoms with Crippen LogP contribution < -0.4 is 0 Å². The molecule has 0 bridgehead atoms. The standard InChI is InChI=1S/C33H50.C2H6/c1-5-24(2)26-15-13-25(14-16-26)10-6-7-11-28-18-20-30-29-19-17-27-12-8-9-22-32(27,3)31(29)21-23-33(28,30)4;1-2/h6,10,13-16,24,27-31H,5,7-9,11-12,17-23H2,1-4H3;1-2H3/b10-6+;. The lowest BCUT2D eigenvalue weighted by atomic mass is 9.45. The second-order valence-corrected chi connectivity index (χ2v) is 13.2. The highest BCUT2D eigenvalue weighted by Gasteiger charge is 2.59. The molecule has 0 heteroatoms. The second kappa shape index (κ2) is 11.6. The Hall–Kier alpha value is -1.04. The number of fused-ring (bicyclic) bond motifs is 5. The summed E-state index contributed by atoms with van der Waals surface area (Å²) in [5.41, 5.74) is 4.17. The Kier molecular flexibility index (Phi) is 8.92. The summed E-state index contributed by atoms with van der Waals surface area (Å²) in [6.45, 7) is 14.1. The molecular weight excluding hydrogens is 420 g/mol. The minimum absolute atomic E-state index is 0.630. The Balaban J connectivity index is 0.00000141. The van der Waals surface area contributed by atoms with Gasteiger partial charge in [0, 0.05) is 0 Å². The van der Waals surface area contributed by atoms with E-state index in [0.717, 1.165) is 29.6 Å². The number of benzene rings is 1. The predicted molar refractivity (Wildman–Crippen MR) is 155 cm³/mol. The molecule has 1 aromatic carbocycles. The molecule has 8 atom stereocenters. The average Bonchev–Trinajstić information content (AvgIpc) is 3.23. The maximum Gasteiger partial charge on any atom is -0.0193 e.